The number of carbonyl (C=O) groups is 1. The lowest BCUT2D eigenvalue weighted by Crippen LogP contribution is -2.42. The first-order valence-corrected chi connectivity index (χ1v) is 8.33. The molecule has 3 rings (SSSR count). The van der Waals surface area contributed by atoms with Crippen molar-refractivity contribution in [3.05, 3.63) is 58.6 Å². The first-order valence-electron chi connectivity index (χ1n) is 7.95. The highest BCUT2D eigenvalue weighted by Gasteiger charge is 2.34. The molecule has 1 aliphatic heterocycles. The third kappa shape index (κ3) is 3.82. The van der Waals surface area contributed by atoms with Crippen LogP contribution in [0.3, 0.4) is 0 Å². The van der Waals surface area contributed by atoms with Crippen LogP contribution < -0.4 is 15.4 Å². The third-order valence-electron chi connectivity index (χ3n) is 4.03. The van der Waals surface area contributed by atoms with E-state index in [0.29, 0.717) is 17.1 Å². The first-order chi connectivity index (χ1) is 11.3. The molecule has 126 valence electrons. The average Bonchev–Trinajstić information content (AvgIpc) is 2.48. The number of carbonyl (C=O) groups excluding carboxylic acids is 1. The van der Waals surface area contributed by atoms with Gasteiger partial charge in [-0.15, -0.1) is 0 Å². The summed E-state index contributed by atoms with van der Waals surface area (Å²) < 4.78 is 6.06. The van der Waals surface area contributed by atoms with Gasteiger partial charge in [0.25, 0.3) is 0 Å². The van der Waals surface area contributed by atoms with E-state index in [2.05, 4.69) is 10.6 Å². The van der Waals surface area contributed by atoms with Gasteiger partial charge in [0.1, 0.15) is 11.4 Å². The van der Waals surface area contributed by atoms with E-state index in [1.165, 1.54) is 0 Å². The summed E-state index contributed by atoms with van der Waals surface area (Å²) in [5, 5.41) is 6.52. The zero-order chi connectivity index (χ0) is 17.3. The second-order valence-corrected chi connectivity index (χ2v) is 7.20. The molecule has 2 amide bonds. The Morgan fingerprint density at radius 3 is 2.62 bits per heavy atom. The lowest BCUT2D eigenvalue weighted by molar-refractivity contribution is 0.0682. The smallest absolute Gasteiger partial charge is 0.319 e. The van der Waals surface area contributed by atoms with E-state index in [1.54, 1.807) is 24.3 Å². The molecular weight excluding hydrogens is 324 g/mol. The Labute approximate surface area is 147 Å². The Hall–Kier alpha value is -2.20. The highest BCUT2D eigenvalue weighted by Crippen LogP contribution is 2.39. The summed E-state index contributed by atoms with van der Waals surface area (Å²) in [5.41, 5.74) is 2.51. The topological polar surface area (TPSA) is 50.4 Å². The van der Waals surface area contributed by atoms with Gasteiger partial charge >= 0.3 is 6.03 Å². The quantitative estimate of drug-likeness (QED) is 0.798. The lowest BCUT2D eigenvalue weighted by atomic mass is 9.89. The highest BCUT2D eigenvalue weighted by molar-refractivity contribution is 6.30. The van der Waals surface area contributed by atoms with Crippen molar-refractivity contribution < 1.29 is 9.53 Å². The van der Waals surface area contributed by atoms with E-state index < -0.39 is 0 Å². The summed E-state index contributed by atoms with van der Waals surface area (Å²) in [6.07, 6.45) is 0.705. The maximum Gasteiger partial charge on any atom is 0.319 e. The van der Waals surface area contributed by atoms with Gasteiger partial charge < -0.3 is 15.4 Å². The van der Waals surface area contributed by atoms with Crippen LogP contribution >= 0.6 is 11.6 Å². The van der Waals surface area contributed by atoms with Crippen LogP contribution in [-0.2, 0) is 0 Å². The van der Waals surface area contributed by atoms with Crippen molar-refractivity contribution in [3.8, 4) is 5.75 Å². The zero-order valence-corrected chi connectivity index (χ0v) is 14.8. The van der Waals surface area contributed by atoms with Crippen molar-refractivity contribution >= 4 is 23.3 Å². The van der Waals surface area contributed by atoms with Gasteiger partial charge in [0.15, 0.2) is 0 Å². The second-order valence-electron chi connectivity index (χ2n) is 6.77. The molecule has 0 spiro atoms. The lowest BCUT2D eigenvalue weighted by Gasteiger charge is -2.38. The number of hydrogen-bond acceptors (Lipinski definition) is 2. The van der Waals surface area contributed by atoms with Gasteiger partial charge in [-0.3, -0.25) is 0 Å². The van der Waals surface area contributed by atoms with Gasteiger partial charge in [-0.05, 0) is 56.7 Å². The van der Waals surface area contributed by atoms with Crippen LogP contribution in [0.5, 0.6) is 5.75 Å². The predicted molar refractivity (Wildman–Crippen MR) is 96.9 cm³/mol. The van der Waals surface area contributed by atoms with Crippen LogP contribution in [0.15, 0.2) is 42.5 Å². The fraction of sp³-hybridized carbons (Fsp3) is 0.316. The Balaban J connectivity index is 1.76. The summed E-state index contributed by atoms with van der Waals surface area (Å²) >= 11 is 5.86. The summed E-state index contributed by atoms with van der Waals surface area (Å²) in [4.78, 5) is 12.4. The Morgan fingerprint density at radius 2 is 1.92 bits per heavy atom. The zero-order valence-electron chi connectivity index (χ0n) is 14.0. The minimum Gasteiger partial charge on any atom is -0.487 e. The molecule has 0 aromatic heterocycles. The van der Waals surface area contributed by atoms with Crippen LogP contribution in [0.4, 0.5) is 10.5 Å². The second kappa shape index (κ2) is 6.36. The monoisotopic (exact) mass is 344 g/mol. The number of hydrogen-bond donors (Lipinski definition) is 2. The van der Waals surface area contributed by atoms with Gasteiger partial charge in [0, 0.05) is 22.7 Å². The number of urea groups is 1. The van der Waals surface area contributed by atoms with Gasteiger partial charge in [-0.2, -0.15) is 0 Å². The molecule has 0 fully saturated rings. The fourth-order valence-corrected chi connectivity index (χ4v) is 3.07. The molecule has 1 aliphatic rings. The third-order valence-corrected chi connectivity index (χ3v) is 4.29. The fourth-order valence-electron chi connectivity index (χ4n) is 2.95. The van der Waals surface area contributed by atoms with E-state index in [9.17, 15) is 4.79 Å². The molecular formula is C19H21ClN2O2. The summed E-state index contributed by atoms with van der Waals surface area (Å²) in [6, 6.07) is 12.8. The number of anilines is 1. The minimum absolute atomic E-state index is 0.100. The van der Waals surface area contributed by atoms with Gasteiger partial charge in [0.2, 0.25) is 0 Å². The molecule has 4 nitrogen and oxygen atoms in total. The normalized spacial score (nSPS) is 18.2. The molecule has 5 heteroatoms. The van der Waals surface area contributed by atoms with E-state index in [0.717, 1.165) is 16.9 Å². The molecule has 2 aromatic rings. The molecule has 1 atom stereocenters. The number of ether oxygens (including phenoxy) is 1. The minimum atomic E-state index is -0.334. The maximum atomic E-state index is 12.4. The molecule has 2 N–H and O–H groups in total. The number of benzene rings is 2. The summed E-state index contributed by atoms with van der Waals surface area (Å²) in [7, 11) is 0. The van der Waals surface area contributed by atoms with Crippen molar-refractivity contribution in [2.24, 2.45) is 0 Å². The van der Waals surface area contributed by atoms with E-state index in [-0.39, 0.29) is 17.7 Å². The highest BCUT2D eigenvalue weighted by atomic mass is 35.5. The molecule has 0 saturated heterocycles. The number of amides is 2. The molecule has 0 saturated carbocycles. The van der Waals surface area contributed by atoms with Crippen LogP contribution in [0.1, 0.15) is 37.4 Å². The number of nitrogens with one attached hydrogen (secondary N) is 2. The van der Waals surface area contributed by atoms with Gasteiger partial charge in [-0.25, -0.2) is 4.79 Å². The summed E-state index contributed by atoms with van der Waals surface area (Å²) in [6.45, 7) is 6.09. The van der Waals surface area contributed by atoms with Crippen molar-refractivity contribution in [2.45, 2.75) is 38.8 Å². The maximum absolute atomic E-state index is 12.4. The molecule has 0 aliphatic carbocycles. The first kappa shape index (κ1) is 16.7. The number of halogens is 1. The summed E-state index contributed by atoms with van der Waals surface area (Å²) in [5.74, 6) is 0.836. The van der Waals surface area contributed by atoms with Crippen LogP contribution in [0.2, 0.25) is 5.02 Å². The van der Waals surface area contributed by atoms with Crippen molar-refractivity contribution in [1.82, 2.24) is 5.32 Å². The number of fused-ring (bicyclic) bond motifs is 1. The van der Waals surface area contributed by atoms with Gasteiger partial charge in [0.05, 0.1) is 6.04 Å². The number of aryl methyl sites for hydroxylation is 1. The van der Waals surface area contributed by atoms with Crippen molar-refractivity contribution in [3.63, 3.8) is 0 Å². The van der Waals surface area contributed by atoms with Crippen molar-refractivity contribution in [1.29, 1.82) is 0 Å². The SMILES string of the molecule is Cc1ccc2c(c1)OC(C)(C)CC2NC(=O)Nc1ccc(Cl)cc1. The van der Waals surface area contributed by atoms with E-state index in [1.807, 2.05) is 39.0 Å². The molecule has 24 heavy (non-hydrogen) atoms. The van der Waals surface area contributed by atoms with Gasteiger partial charge in [-0.1, -0.05) is 23.7 Å². The van der Waals surface area contributed by atoms with Crippen LogP contribution in [0.25, 0.3) is 0 Å². The van der Waals surface area contributed by atoms with Crippen LogP contribution in [-0.4, -0.2) is 11.6 Å². The van der Waals surface area contributed by atoms with Crippen LogP contribution in [0, 0.1) is 6.92 Å². The standard InChI is InChI=1S/C19H21ClN2O2/c1-12-4-9-15-16(11-19(2,3)24-17(15)10-12)22-18(23)21-14-7-5-13(20)6-8-14/h4-10,16H,11H2,1-3H3,(H2,21,22,23). The average molecular weight is 345 g/mol. The van der Waals surface area contributed by atoms with E-state index >= 15 is 0 Å². The van der Waals surface area contributed by atoms with Crippen molar-refractivity contribution in [2.75, 3.05) is 5.32 Å². The molecule has 1 heterocycles. The molecule has 1 unspecified atom stereocenters. The Morgan fingerprint density at radius 1 is 1.21 bits per heavy atom. The Kier molecular flexibility index (Phi) is 4.41. The molecule has 0 bridgehead atoms. The largest absolute Gasteiger partial charge is 0.487 e. The molecule has 0 radical (unpaired) electrons. The predicted octanol–water partition coefficient (Wildman–Crippen LogP) is 5.07. The Bertz CT molecular complexity index is 756. The molecule has 2 aromatic carbocycles. The number of rotatable bonds is 2. The van der Waals surface area contributed by atoms with E-state index in [4.69, 9.17) is 16.3 Å².